The van der Waals surface area contributed by atoms with Gasteiger partial charge in [0.15, 0.2) is 0 Å². The molecule has 0 heterocycles. The molecular formula is C14H27N. The van der Waals surface area contributed by atoms with Crippen LogP contribution < -0.4 is 5.32 Å². The van der Waals surface area contributed by atoms with Gasteiger partial charge in [0.25, 0.3) is 0 Å². The monoisotopic (exact) mass is 209 g/mol. The molecule has 1 N–H and O–H groups in total. The highest BCUT2D eigenvalue weighted by Crippen LogP contribution is 2.28. The van der Waals surface area contributed by atoms with Crippen molar-refractivity contribution >= 4 is 0 Å². The maximum absolute atomic E-state index is 3.94. The first-order chi connectivity index (χ1) is 7.25. The van der Waals surface area contributed by atoms with Crippen molar-refractivity contribution in [2.45, 2.75) is 77.3 Å². The van der Waals surface area contributed by atoms with E-state index in [1.807, 2.05) is 0 Å². The van der Waals surface area contributed by atoms with Crippen LogP contribution in [-0.2, 0) is 0 Å². The molecule has 1 nitrogen and oxygen atoms in total. The summed E-state index contributed by atoms with van der Waals surface area (Å²) in [5, 5.41) is 3.94. The minimum absolute atomic E-state index is 0.828. The fourth-order valence-electron chi connectivity index (χ4n) is 3.45. The molecule has 2 rings (SSSR count). The Balaban J connectivity index is 1.79. The predicted molar refractivity (Wildman–Crippen MR) is 66.0 cm³/mol. The van der Waals surface area contributed by atoms with Crippen LogP contribution in [0.1, 0.15) is 65.2 Å². The molecule has 2 aliphatic carbocycles. The Morgan fingerprint density at radius 2 is 1.67 bits per heavy atom. The van der Waals surface area contributed by atoms with Crippen molar-refractivity contribution in [3.8, 4) is 0 Å². The van der Waals surface area contributed by atoms with Gasteiger partial charge in [-0.3, -0.25) is 0 Å². The predicted octanol–water partition coefficient (Wildman–Crippen LogP) is 3.73. The van der Waals surface area contributed by atoms with E-state index in [4.69, 9.17) is 0 Å². The highest BCUT2D eigenvalue weighted by atomic mass is 15.0. The number of hydrogen-bond donors (Lipinski definition) is 1. The molecule has 4 atom stereocenters. The maximum Gasteiger partial charge on any atom is 0.00952 e. The average molecular weight is 209 g/mol. The summed E-state index contributed by atoms with van der Waals surface area (Å²) in [6, 6.07) is 1.66. The van der Waals surface area contributed by atoms with E-state index in [1.165, 1.54) is 51.4 Å². The van der Waals surface area contributed by atoms with Crippen LogP contribution in [-0.4, -0.2) is 12.1 Å². The van der Waals surface area contributed by atoms with E-state index >= 15 is 0 Å². The minimum Gasteiger partial charge on any atom is -0.311 e. The van der Waals surface area contributed by atoms with E-state index in [9.17, 15) is 0 Å². The number of hydrogen-bond acceptors (Lipinski definition) is 1. The van der Waals surface area contributed by atoms with Crippen molar-refractivity contribution in [1.29, 1.82) is 0 Å². The highest BCUT2D eigenvalue weighted by molar-refractivity contribution is 4.84. The van der Waals surface area contributed by atoms with Crippen LogP contribution in [0, 0.1) is 11.8 Å². The van der Waals surface area contributed by atoms with E-state index in [-0.39, 0.29) is 0 Å². The van der Waals surface area contributed by atoms with Gasteiger partial charge in [0, 0.05) is 12.1 Å². The van der Waals surface area contributed by atoms with E-state index in [0.717, 1.165) is 23.9 Å². The van der Waals surface area contributed by atoms with Crippen LogP contribution in [0.2, 0.25) is 0 Å². The van der Waals surface area contributed by atoms with Crippen molar-refractivity contribution < 1.29 is 0 Å². The Labute approximate surface area is 95.0 Å². The molecule has 15 heavy (non-hydrogen) atoms. The topological polar surface area (TPSA) is 12.0 Å². The minimum atomic E-state index is 0.828. The van der Waals surface area contributed by atoms with E-state index in [1.54, 1.807) is 0 Å². The van der Waals surface area contributed by atoms with Crippen LogP contribution in [0.5, 0.6) is 0 Å². The molecule has 4 unspecified atom stereocenters. The fourth-order valence-corrected chi connectivity index (χ4v) is 3.45. The van der Waals surface area contributed by atoms with E-state index in [0.29, 0.717) is 0 Å². The van der Waals surface area contributed by atoms with Crippen molar-refractivity contribution in [2.24, 2.45) is 11.8 Å². The summed E-state index contributed by atoms with van der Waals surface area (Å²) in [6.45, 7) is 4.85. The molecule has 0 aromatic carbocycles. The zero-order valence-electron chi connectivity index (χ0n) is 10.5. The van der Waals surface area contributed by atoms with Gasteiger partial charge in [0.05, 0.1) is 0 Å². The molecule has 0 amide bonds. The smallest absolute Gasteiger partial charge is 0.00952 e. The third-order valence-corrected chi connectivity index (χ3v) is 4.50. The van der Waals surface area contributed by atoms with Crippen molar-refractivity contribution in [2.75, 3.05) is 0 Å². The van der Waals surface area contributed by atoms with Crippen LogP contribution in [0.3, 0.4) is 0 Å². The molecule has 0 aromatic rings. The third kappa shape index (κ3) is 3.21. The molecular weight excluding hydrogens is 182 g/mol. The van der Waals surface area contributed by atoms with Crippen LogP contribution in [0.4, 0.5) is 0 Å². The number of nitrogens with one attached hydrogen (secondary N) is 1. The standard InChI is InChI=1S/C14H27N/c1-11-6-5-8-13(10-11)15-14-9-4-3-7-12(14)2/h11-15H,3-10H2,1-2H3. The van der Waals surface area contributed by atoms with Crippen molar-refractivity contribution in [3.63, 3.8) is 0 Å². The van der Waals surface area contributed by atoms with Gasteiger partial charge in [-0.2, -0.15) is 0 Å². The van der Waals surface area contributed by atoms with Crippen LogP contribution in [0.25, 0.3) is 0 Å². The Morgan fingerprint density at radius 1 is 0.867 bits per heavy atom. The summed E-state index contributed by atoms with van der Waals surface area (Å²) >= 11 is 0. The Kier molecular flexibility index (Phi) is 4.07. The second-order valence-electron chi connectivity index (χ2n) is 6.00. The largest absolute Gasteiger partial charge is 0.311 e. The van der Waals surface area contributed by atoms with E-state index in [2.05, 4.69) is 19.2 Å². The molecule has 0 aromatic heterocycles. The molecule has 2 saturated carbocycles. The van der Waals surface area contributed by atoms with Crippen LogP contribution in [0.15, 0.2) is 0 Å². The van der Waals surface area contributed by atoms with Gasteiger partial charge >= 0.3 is 0 Å². The molecule has 0 aliphatic heterocycles. The van der Waals surface area contributed by atoms with Gasteiger partial charge in [0.2, 0.25) is 0 Å². The SMILES string of the molecule is CC1CCCC(NC2CCCCC2C)C1. The average Bonchev–Trinajstić information content (AvgIpc) is 2.22. The lowest BCUT2D eigenvalue weighted by atomic mass is 9.82. The Hall–Kier alpha value is -0.0400. The second kappa shape index (κ2) is 5.34. The molecule has 0 bridgehead atoms. The van der Waals surface area contributed by atoms with Gasteiger partial charge in [-0.05, 0) is 37.5 Å². The lowest BCUT2D eigenvalue weighted by Gasteiger charge is -2.36. The molecule has 88 valence electrons. The fraction of sp³-hybridized carbons (Fsp3) is 1.00. The Morgan fingerprint density at radius 3 is 2.40 bits per heavy atom. The van der Waals surface area contributed by atoms with Crippen molar-refractivity contribution in [3.05, 3.63) is 0 Å². The maximum atomic E-state index is 3.94. The second-order valence-corrected chi connectivity index (χ2v) is 6.00. The van der Waals surface area contributed by atoms with Gasteiger partial charge in [0.1, 0.15) is 0 Å². The summed E-state index contributed by atoms with van der Waals surface area (Å²) in [7, 11) is 0. The Bertz CT molecular complexity index is 190. The summed E-state index contributed by atoms with van der Waals surface area (Å²) < 4.78 is 0. The van der Waals surface area contributed by atoms with Crippen LogP contribution >= 0.6 is 0 Å². The lowest BCUT2D eigenvalue weighted by Crippen LogP contribution is -2.45. The van der Waals surface area contributed by atoms with Gasteiger partial charge in [-0.1, -0.05) is 39.5 Å². The molecule has 0 radical (unpaired) electrons. The molecule has 0 saturated heterocycles. The molecule has 0 spiro atoms. The first-order valence-corrected chi connectivity index (χ1v) is 7.01. The molecule has 2 aliphatic rings. The molecule has 1 heteroatoms. The number of rotatable bonds is 2. The summed E-state index contributed by atoms with van der Waals surface area (Å²) in [5.41, 5.74) is 0. The lowest BCUT2D eigenvalue weighted by molar-refractivity contribution is 0.216. The molecule has 2 fully saturated rings. The quantitative estimate of drug-likeness (QED) is 0.730. The van der Waals surface area contributed by atoms with Gasteiger partial charge in [-0.25, -0.2) is 0 Å². The summed E-state index contributed by atoms with van der Waals surface area (Å²) in [5.74, 6) is 1.87. The zero-order chi connectivity index (χ0) is 10.7. The van der Waals surface area contributed by atoms with E-state index < -0.39 is 0 Å². The summed E-state index contributed by atoms with van der Waals surface area (Å²) in [6.07, 6.45) is 11.5. The first kappa shape index (κ1) is 11.4. The normalized spacial score (nSPS) is 42.8. The summed E-state index contributed by atoms with van der Waals surface area (Å²) in [4.78, 5) is 0. The highest BCUT2D eigenvalue weighted by Gasteiger charge is 2.26. The van der Waals surface area contributed by atoms with Gasteiger partial charge < -0.3 is 5.32 Å². The third-order valence-electron chi connectivity index (χ3n) is 4.50. The van der Waals surface area contributed by atoms with Gasteiger partial charge in [-0.15, -0.1) is 0 Å². The van der Waals surface area contributed by atoms with Crippen molar-refractivity contribution in [1.82, 2.24) is 5.32 Å². The first-order valence-electron chi connectivity index (χ1n) is 7.01. The zero-order valence-corrected chi connectivity index (χ0v) is 10.5.